The van der Waals surface area contributed by atoms with Gasteiger partial charge in [0.2, 0.25) is 5.91 Å². The fourth-order valence-electron chi connectivity index (χ4n) is 2.45. The molecule has 0 radical (unpaired) electrons. The molecule has 1 amide bonds. The summed E-state index contributed by atoms with van der Waals surface area (Å²) in [6, 6.07) is 0.780. The van der Waals surface area contributed by atoms with Crippen molar-refractivity contribution in [3.05, 3.63) is 0 Å². The molecule has 1 atom stereocenters. The lowest BCUT2D eigenvalue weighted by Crippen LogP contribution is -2.45. The van der Waals surface area contributed by atoms with Crippen LogP contribution in [0.4, 0.5) is 0 Å². The Balaban J connectivity index is 1.62. The van der Waals surface area contributed by atoms with Crippen LogP contribution in [0, 0.1) is 0 Å². The van der Waals surface area contributed by atoms with Gasteiger partial charge in [-0.2, -0.15) is 0 Å². The monoisotopic (exact) mass is 239 g/mol. The average Bonchev–Trinajstić information content (AvgIpc) is 3.03. The van der Waals surface area contributed by atoms with Gasteiger partial charge in [-0.25, -0.2) is 0 Å². The minimum atomic E-state index is -0.0271. The lowest BCUT2D eigenvalue weighted by Gasteiger charge is -2.22. The highest BCUT2D eigenvalue weighted by atomic mass is 16.2. The van der Waals surface area contributed by atoms with E-state index in [1.165, 1.54) is 25.7 Å². The second kappa shape index (κ2) is 5.83. The van der Waals surface area contributed by atoms with E-state index < -0.39 is 0 Å². The quantitative estimate of drug-likeness (QED) is 0.740. The summed E-state index contributed by atoms with van der Waals surface area (Å²) in [5.74, 6) is 0.275. The zero-order valence-corrected chi connectivity index (χ0v) is 11.1. The molecule has 0 bridgehead atoms. The first-order valence-corrected chi connectivity index (χ1v) is 6.91. The highest BCUT2D eigenvalue weighted by molar-refractivity contribution is 5.81. The van der Waals surface area contributed by atoms with E-state index in [2.05, 4.69) is 17.3 Å². The van der Waals surface area contributed by atoms with Gasteiger partial charge in [0.05, 0.1) is 6.04 Å². The first-order valence-electron chi connectivity index (χ1n) is 6.91. The number of nitrogens with zero attached hydrogens (tertiary/aromatic N) is 2. The molecule has 2 rings (SSSR count). The Kier molecular flexibility index (Phi) is 4.40. The maximum atomic E-state index is 12.0. The van der Waals surface area contributed by atoms with Crippen molar-refractivity contribution in [2.45, 2.75) is 44.7 Å². The van der Waals surface area contributed by atoms with E-state index in [-0.39, 0.29) is 11.9 Å². The van der Waals surface area contributed by atoms with Gasteiger partial charge in [0.25, 0.3) is 0 Å². The van der Waals surface area contributed by atoms with Crippen molar-refractivity contribution in [3.63, 3.8) is 0 Å². The summed E-state index contributed by atoms with van der Waals surface area (Å²) in [6.07, 6.45) is 5.03. The van der Waals surface area contributed by atoms with Crippen molar-refractivity contribution in [1.29, 1.82) is 0 Å². The van der Waals surface area contributed by atoms with Crippen LogP contribution in [0.1, 0.15) is 32.6 Å². The first-order chi connectivity index (χ1) is 8.18. The van der Waals surface area contributed by atoms with Gasteiger partial charge in [0.15, 0.2) is 0 Å². The lowest BCUT2D eigenvalue weighted by molar-refractivity contribution is -0.131. The van der Waals surface area contributed by atoms with Gasteiger partial charge >= 0.3 is 0 Å². The van der Waals surface area contributed by atoms with Crippen molar-refractivity contribution < 1.29 is 4.79 Å². The summed E-state index contributed by atoms with van der Waals surface area (Å²) in [6.45, 7) is 5.84. The third-order valence-corrected chi connectivity index (χ3v) is 3.87. The molecule has 1 saturated heterocycles. The number of carbonyl (C=O) groups excluding carboxylic acids is 1. The van der Waals surface area contributed by atoms with E-state index in [4.69, 9.17) is 0 Å². The van der Waals surface area contributed by atoms with Crippen LogP contribution in [0.5, 0.6) is 0 Å². The third-order valence-electron chi connectivity index (χ3n) is 3.87. The molecule has 0 aromatic rings. The van der Waals surface area contributed by atoms with Crippen LogP contribution in [-0.4, -0.2) is 61.0 Å². The minimum Gasteiger partial charge on any atom is -0.341 e. The maximum Gasteiger partial charge on any atom is 0.239 e. The number of hydrogen-bond donors (Lipinski definition) is 1. The molecule has 0 spiro atoms. The predicted molar refractivity (Wildman–Crippen MR) is 68.9 cm³/mol. The highest BCUT2D eigenvalue weighted by Crippen LogP contribution is 2.24. The van der Waals surface area contributed by atoms with E-state index in [9.17, 15) is 4.79 Å². The highest BCUT2D eigenvalue weighted by Gasteiger charge is 2.26. The molecule has 2 fully saturated rings. The van der Waals surface area contributed by atoms with Gasteiger partial charge in [-0.3, -0.25) is 4.79 Å². The van der Waals surface area contributed by atoms with Crippen molar-refractivity contribution in [2.24, 2.45) is 0 Å². The fraction of sp³-hybridized carbons (Fsp3) is 0.923. The molecule has 1 N–H and O–H groups in total. The molecule has 4 nitrogen and oxygen atoms in total. The number of likely N-dealkylation sites (N-methyl/N-ethyl adjacent to an activating group) is 1. The van der Waals surface area contributed by atoms with Crippen molar-refractivity contribution in [3.8, 4) is 0 Å². The largest absolute Gasteiger partial charge is 0.341 e. The van der Waals surface area contributed by atoms with Crippen LogP contribution in [0.3, 0.4) is 0 Å². The summed E-state index contributed by atoms with van der Waals surface area (Å²) in [5, 5.41) is 3.34. The van der Waals surface area contributed by atoms with Gasteiger partial charge in [-0.1, -0.05) is 0 Å². The summed E-state index contributed by atoms with van der Waals surface area (Å²) >= 11 is 0. The Labute approximate surface area is 104 Å². The zero-order chi connectivity index (χ0) is 12.3. The van der Waals surface area contributed by atoms with E-state index in [1.54, 1.807) is 0 Å². The van der Waals surface area contributed by atoms with E-state index in [0.717, 1.165) is 32.2 Å². The molecule has 0 aromatic carbocycles. The standard InChI is InChI=1S/C13H25N3O/c1-11(13(17)16-8-3-4-9-16)14-7-10-15(2)12-5-6-12/h11-12,14H,3-10H2,1-2H3. The molecule has 2 aliphatic rings. The van der Waals surface area contributed by atoms with E-state index in [1.807, 2.05) is 11.8 Å². The summed E-state index contributed by atoms with van der Waals surface area (Å²) in [7, 11) is 2.17. The van der Waals surface area contributed by atoms with Gasteiger partial charge in [0, 0.05) is 32.2 Å². The Morgan fingerprint density at radius 1 is 1.41 bits per heavy atom. The van der Waals surface area contributed by atoms with Gasteiger partial charge in [0.1, 0.15) is 0 Å². The number of carbonyl (C=O) groups is 1. The normalized spacial score (nSPS) is 22.2. The molecule has 1 unspecified atom stereocenters. The van der Waals surface area contributed by atoms with Crippen LogP contribution in [0.2, 0.25) is 0 Å². The molecule has 1 saturated carbocycles. The molecular weight excluding hydrogens is 214 g/mol. The minimum absolute atomic E-state index is 0.0271. The number of rotatable bonds is 6. The summed E-state index contributed by atoms with van der Waals surface area (Å²) in [5.41, 5.74) is 0. The van der Waals surface area contributed by atoms with Crippen molar-refractivity contribution in [2.75, 3.05) is 33.2 Å². The summed E-state index contributed by atoms with van der Waals surface area (Å²) in [4.78, 5) is 16.4. The van der Waals surface area contributed by atoms with E-state index in [0.29, 0.717) is 0 Å². The van der Waals surface area contributed by atoms with Gasteiger partial charge in [-0.05, 0) is 39.7 Å². The smallest absolute Gasteiger partial charge is 0.239 e. The third kappa shape index (κ3) is 3.68. The zero-order valence-electron chi connectivity index (χ0n) is 11.1. The SMILES string of the molecule is CC(NCCN(C)C1CC1)C(=O)N1CCCC1. The fourth-order valence-corrected chi connectivity index (χ4v) is 2.45. The molecular formula is C13H25N3O. The van der Waals surface area contributed by atoms with Crippen LogP contribution < -0.4 is 5.32 Å². The number of hydrogen-bond acceptors (Lipinski definition) is 3. The Hall–Kier alpha value is -0.610. The maximum absolute atomic E-state index is 12.0. The van der Waals surface area contributed by atoms with Crippen molar-refractivity contribution >= 4 is 5.91 Å². The number of nitrogens with one attached hydrogen (secondary N) is 1. The van der Waals surface area contributed by atoms with Gasteiger partial charge < -0.3 is 15.1 Å². The van der Waals surface area contributed by atoms with Crippen LogP contribution in [0.25, 0.3) is 0 Å². The Morgan fingerprint density at radius 3 is 2.65 bits per heavy atom. The second-order valence-corrected chi connectivity index (χ2v) is 5.42. The van der Waals surface area contributed by atoms with Gasteiger partial charge in [-0.15, -0.1) is 0 Å². The molecule has 4 heteroatoms. The molecule has 0 aromatic heterocycles. The molecule has 17 heavy (non-hydrogen) atoms. The average molecular weight is 239 g/mol. The van der Waals surface area contributed by atoms with E-state index >= 15 is 0 Å². The predicted octanol–water partition coefficient (Wildman–Crippen LogP) is 0.681. The Bertz CT molecular complexity index is 259. The Morgan fingerprint density at radius 2 is 2.06 bits per heavy atom. The molecule has 98 valence electrons. The van der Waals surface area contributed by atoms with Crippen LogP contribution in [0.15, 0.2) is 0 Å². The summed E-state index contributed by atoms with van der Waals surface area (Å²) < 4.78 is 0. The molecule has 1 aliphatic carbocycles. The molecule has 1 heterocycles. The second-order valence-electron chi connectivity index (χ2n) is 5.42. The first kappa shape index (κ1) is 12.8. The van der Waals surface area contributed by atoms with Crippen molar-refractivity contribution in [1.82, 2.24) is 15.1 Å². The topological polar surface area (TPSA) is 35.6 Å². The number of likely N-dealkylation sites (tertiary alicyclic amines) is 1. The lowest BCUT2D eigenvalue weighted by atomic mass is 10.3. The number of amides is 1. The molecule has 1 aliphatic heterocycles. The van der Waals surface area contributed by atoms with Crippen LogP contribution >= 0.6 is 0 Å². The van der Waals surface area contributed by atoms with Crippen LogP contribution in [-0.2, 0) is 4.79 Å².